The molecular formula is C70H64N4Si. The molecule has 4 nitrogen and oxygen atoms in total. The van der Waals surface area contributed by atoms with Crippen molar-refractivity contribution in [3.8, 4) is 5.69 Å². The van der Waals surface area contributed by atoms with Crippen LogP contribution in [-0.4, -0.2) is 33.8 Å². The quantitative estimate of drug-likeness (QED) is 0.163. The summed E-state index contributed by atoms with van der Waals surface area (Å²) in [5, 5.41) is 8.39. The first kappa shape index (κ1) is 47.6. The van der Waals surface area contributed by atoms with Crippen LogP contribution in [0.25, 0.3) is 27.5 Å². The van der Waals surface area contributed by atoms with Crippen LogP contribution in [0.2, 0.25) is 0 Å². The van der Waals surface area contributed by atoms with Gasteiger partial charge in [0.05, 0.1) is 11.0 Å². The first-order chi connectivity index (χ1) is 36.6. The minimum Gasteiger partial charge on any atom is -0.345 e. The molecular weight excluding hydrogens is 925 g/mol. The molecule has 0 unspecified atom stereocenters. The Morgan fingerprint density at radius 1 is 0.373 bits per heavy atom. The van der Waals surface area contributed by atoms with Crippen LogP contribution in [0.1, 0.15) is 55.9 Å². The molecule has 0 fully saturated rings. The van der Waals surface area contributed by atoms with Crippen LogP contribution in [0.4, 0.5) is 34.1 Å². The lowest BCUT2D eigenvalue weighted by atomic mass is 9.73. The van der Waals surface area contributed by atoms with E-state index >= 15 is 0 Å². The number of hydrogen-bond acceptors (Lipinski definition) is 3. The number of fused-ring (bicyclic) bond motifs is 9. The van der Waals surface area contributed by atoms with Crippen molar-refractivity contribution in [2.24, 2.45) is 5.92 Å². The number of aromatic nitrogens is 1. The van der Waals surface area contributed by atoms with E-state index in [1.807, 2.05) is 0 Å². The minimum atomic E-state index is -2.36. The highest BCUT2D eigenvalue weighted by molar-refractivity contribution is 7.21. The second-order valence-electron chi connectivity index (χ2n) is 21.2. The molecule has 10 aromatic carbocycles. The van der Waals surface area contributed by atoms with Crippen molar-refractivity contribution in [3.63, 3.8) is 0 Å². The lowest BCUT2D eigenvalue weighted by Gasteiger charge is -2.43. The van der Waals surface area contributed by atoms with Gasteiger partial charge in [-0.2, -0.15) is 0 Å². The van der Waals surface area contributed by atoms with E-state index in [0.717, 1.165) is 0 Å². The van der Waals surface area contributed by atoms with Gasteiger partial charge in [0.15, 0.2) is 8.07 Å². The Morgan fingerprint density at radius 3 is 1.36 bits per heavy atom. The summed E-state index contributed by atoms with van der Waals surface area (Å²) < 4.78 is 2.40. The zero-order valence-electron chi connectivity index (χ0n) is 44.1. The topological polar surface area (TPSA) is 14.7 Å². The van der Waals surface area contributed by atoms with E-state index in [4.69, 9.17) is 0 Å². The van der Waals surface area contributed by atoms with E-state index in [1.54, 1.807) is 0 Å². The maximum Gasteiger partial charge on any atom is 0.183 e. The first-order valence-electron chi connectivity index (χ1n) is 26.5. The molecule has 0 N–H and O–H groups in total. The van der Waals surface area contributed by atoms with Gasteiger partial charge in [-0.15, -0.1) is 0 Å². The van der Waals surface area contributed by atoms with Gasteiger partial charge in [-0.3, -0.25) is 0 Å². The third kappa shape index (κ3) is 7.71. The molecule has 0 aliphatic carbocycles. The summed E-state index contributed by atoms with van der Waals surface area (Å²) in [5.41, 5.74) is 17.2. The lowest BCUT2D eigenvalue weighted by molar-refractivity contribution is 0.559. The molecule has 75 heavy (non-hydrogen) atoms. The Labute approximate surface area is 444 Å². The average molecular weight is 989 g/mol. The number of nitrogens with zero attached hydrogens (tertiary/aromatic N) is 4. The number of anilines is 6. The normalized spacial score (nSPS) is 14.5. The van der Waals surface area contributed by atoms with Gasteiger partial charge in [-0.05, 0) is 110 Å². The highest BCUT2D eigenvalue weighted by Crippen LogP contribution is 2.51. The van der Waals surface area contributed by atoms with Gasteiger partial charge in [0.1, 0.15) is 0 Å². The Balaban J connectivity index is 0.000000117. The van der Waals surface area contributed by atoms with Gasteiger partial charge >= 0.3 is 0 Å². The molecule has 0 saturated heterocycles. The molecule has 4 heterocycles. The summed E-state index contributed by atoms with van der Waals surface area (Å²) in [7, 11) is 4.18. The average Bonchev–Trinajstić information content (AvgIpc) is 3.87. The molecule has 3 aliphatic heterocycles. The number of benzene rings is 10. The van der Waals surface area contributed by atoms with Gasteiger partial charge in [-0.1, -0.05) is 216 Å². The molecule has 0 bridgehead atoms. The standard InChI is InChI=1S/C28H24N2.C25H21NSi.C17H19N/c1-28(2)22-14-8-10-16-25(22)29(3)27-17-21-20-13-7-9-15-24(20)30(26(21)18-23(27)28)19-11-5-4-6-12-19;1-26-22-16-8-10-18-24(22)27(20-12-4-2-5-13-20,21-14-6-3-7-15-21)25-19-11-9-17-23(25)26;1-12(2)17-13-8-4-6-10-15(13)18(3)16-11-7-5-9-14(16)17/h4-18H,1-3H3;2-19H,1H3;4-12,17H,1-3H3. The van der Waals surface area contributed by atoms with Crippen molar-refractivity contribution < 1.29 is 0 Å². The highest BCUT2D eigenvalue weighted by atomic mass is 28.3. The number of rotatable bonds is 4. The fourth-order valence-corrected chi connectivity index (χ4v) is 18.2. The SMILES string of the molecule is CC(C)C1c2ccccc2N(C)c2ccccc21.CN1c2ccccc2C(C)(C)c2cc3c(cc21)c1ccccc1n3-c1ccccc1.CN1c2ccccc2[Si](c2ccccc2)(c2ccccc2)c2ccccc21. The van der Waals surface area contributed by atoms with E-state index in [9.17, 15) is 0 Å². The largest absolute Gasteiger partial charge is 0.345 e. The highest BCUT2D eigenvalue weighted by Gasteiger charge is 2.47. The Bertz CT molecular complexity index is 3720. The Kier molecular flexibility index (Phi) is 12.2. The van der Waals surface area contributed by atoms with Crippen LogP contribution < -0.4 is 35.4 Å². The van der Waals surface area contributed by atoms with Gasteiger partial charge in [0.25, 0.3) is 0 Å². The predicted molar refractivity (Wildman–Crippen MR) is 323 cm³/mol. The molecule has 0 atom stereocenters. The fraction of sp³-hybridized carbons (Fsp3) is 0.143. The van der Waals surface area contributed by atoms with Crippen LogP contribution in [0.5, 0.6) is 0 Å². The first-order valence-corrected chi connectivity index (χ1v) is 28.5. The second kappa shape index (κ2) is 19.1. The Morgan fingerprint density at radius 2 is 0.800 bits per heavy atom. The van der Waals surface area contributed by atoms with Crippen molar-refractivity contribution in [1.82, 2.24) is 4.57 Å². The minimum absolute atomic E-state index is 0.0649. The van der Waals surface area contributed by atoms with Crippen molar-refractivity contribution in [2.75, 3.05) is 35.8 Å². The molecule has 11 aromatic rings. The summed E-state index contributed by atoms with van der Waals surface area (Å²) in [4.78, 5) is 7.01. The molecule has 1 aromatic heterocycles. The Hall–Kier alpha value is -8.38. The molecule has 0 radical (unpaired) electrons. The summed E-state index contributed by atoms with van der Waals surface area (Å²) in [6.07, 6.45) is 0. The number of hydrogen-bond donors (Lipinski definition) is 0. The molecule has 5 heteroatoms. The molecule has 0 amide bonds. The third-order valence-electron chi connectivity index (χ3n) is 16.5. The predicted octanol–water partition coefficient (Wildman–Crippen LogP) is 14.9. The summed E-state index contributed by atoms with van der Waals surface area (Å²) in [5.74, 6) is 1.12. The lowest BCUT2D eigenvalue weighted by Crippen LogP contribution is -2.77. The van der Waals surface area contributed by atoms with E-state index in [1.165, 1.54) is 105 Å². The van der Waals surface area contributed by atoms with Crippen molar-refractivity contribution in [2.45, 2.75) is 39.0 Å². The number of para-hydroxylation sites is 7. The smallest absolute Gasteiger partial charge is 0.183 e. The zero-order chi connectivity index (χ0) is 51.4. The van der Waals surface area contributed by atoms with E-state index in [-0.39, 0.29) is 5.41 Å². The molecule has 0 spiro atoms. The van der Waals surface area contributed by atoms with Crippen LogP contribution >= 0.6 is 0 Å². The molecule has 14 rings (SSSR count). The van der Waals surface area contributed by atoms with Gasteiger partial charge in [-0.25, -0.2) is 0 Å². The summed E-state index contributed by atoms with van der Waals surface area (Å²) in [6.45, 7) is 9.31. The van der Waals surface area contributed by atoms with Crippen molar-refractivity contribution >= 4 is 84.8 Å². The third-order valence-corrected chi connectivity index (χ3v) is 21.3. The van der Waals surface area contributed by atoms with E-state index in [0.29, 0.717) is 11.8 Å². The maximum atomic E-state index is 2.42. The monoisotopic (exact) mass is 988 g/mol. The van der Waals surface area contributed by atoms with Gasteiger partial charge in [0.2, 0.25) is 0 Å². The second-order valence-corrected chi connectivity index (χ2v) is 25.0. The molecule has 0 saturated carbocycles. The van der Waals surface area contributed by atoms with Gasteiger partial charge in [0, 0.05) is 83.1 Å². The van der Waals surface area contributed by atoms with Crippen LogP contribution in [0.15, 0.2) is 249 Å². The zero-order valence-corrected chi connectivity index (χ0v) is 45.1. The van der Waals surface area contributed by atoms with Crippen molar-refractivity contribution in [1.29, 1.82) is 0 Å². The van der Waals surface area contributed by atoms with E-state index < -0.39 is 8.07 Å². The van der Waals surface area contributed by atoms with Crippen LogP contribution in [0.3, 0.4) is 0 Å². The van der Waals surface area contributed by atoms with Gasteiger partial charge < -0.3 is 19.3 Å². The van der Waals surface area contributed by atoms with Crippen molar-refractivity contribution in [3.05, 3.63) is 271 Å². The molecule has 368 valence electrons. The summed E-state index contributed by atoms with van der Waals surface area (Å²) in [6, 6.07) is 90.7. The maximum absolute atomic E-state index is 2.42. The fourth-order valence-electron chi connectivity index (χ4n) is 12.9. The summed E-state index contributed by atoms with van der Waals surface area (Å²) >= 11 is 0. The van der Waals surface area contributed by atoms with Crippen LogP contribution in [-0.2, 0) is 5.41 Å². The van der Waals surface area contributed by atoms with E-state index in [2.05, 4.69) is 317 Å². The van der Waals surface area contributed by atoms with Crippen LogP contribution in [0, 0.1) is 5.92 Å². The molecule has 3 aliphatic rings.